The Bertz CT molecular complexity index is 1030. The van der Waals surface area contributed by atoms with Gasteiger partial charge >= 0.3 is 0 Å². The third-order valence-electron chi connectivity index (χ3n) is 5.39. The van der Waals surface area contributed by atoms with Crippen LogP contribution in [0.5, 0.6) is 5.75 Å². The van der Waals surface area contributed by atoms with Gasteiger partial charge in [-0.2, -0.15) is 0 Å². The minimum absolute atomic E-state index is 0.160. The topological polar surface area (TPSA) is 55.6 Å². The fourth-order valence-corrected chi connectivity index (χ4v) is 3.87. The Morgan fingerprint density at radius 2 is 1.97 bits per heavy atom. The van der Waals surface area contributed by atoms with Crippen molar-refractivity contribution in [2.24, 2.45) is 0 Å². The molecule has 0 saturated carbocycles. The molecule has 1 saturated heterocycles. The zero-order chi connectivity index (χ0) is 21.1. The molecule has 0 aliphatic carbocycles. The number of rotatable bonds is 5. The van der Waals surface area contributed by atoms with Crippen LogP contribution in [0.4, 0.5) is 8.78 Å². The minimum Gasteiger partial charge on any atom is -0.479 e. The normalized spacial score (nSPS) is 16.5. The van der Waals surface area contributed by atoms with Crippen molar-refractivity contribution in [3.8, 4) is 5.75 Å². The Kier molecular flexibility index (Phi) is 5.79. The zero-order valence-electron chi connectivity index (χ0n) is 16.6. The van der Waals surface area contributed by atoms with Crippen molar-refractivity contribution in [2.75, 3.05) is 13.1 Å². The quantitative estimate of drug-likeness (QED) is 0.601. The van der Waals surface area contributed by atoms with Gasteiger partial charge in [0.25, 0.3) is 5.91 Å². The van der Waals surface area contributed by atoms with Crippen molar-refractivity contribution in [3.63, 3.8) is 0 Å². The second-order valence-electron chi connectivity index (χ2n) is 7.46. The number of para-hydroxylation sites is 1. The zero-order valence-corrected chi connectivity index (χ0v) is 16.6. The van der Waals surface area contributed by atoms with E-state index in [4.69, 9.17) is 9.26 Å². The third kappa shape index (κ3) is 4.20. The highest BCUT2D eigenvalue weighted by atomic mass is 19.1. The average Bonchev–Trinajstić information content (AvgIpc) is 3.22. The predicted octanol–water partition coefficient (Wildman–Crippen LogP) is 4.86. The minimum atomic E-state index is -0.804. The van der Waals surface area contributed by atoms with Crippen LogP contribution in [-0.2, 0) is 6.61 Å². The molecule has 1 aliphatic rings. The van der Waals surface area contributed by atoms with Gasteiger partial charge in [-0.25, -0.2) is 8.78 Å². The molecule has 1 fully saturated rings. The lowest BCUT2D eigenvalue weighted by Gasteiger charge is -2.33. The van der Waals surface area contributed by atoms with E-state index in [1.165, 1.54) is 23.3 Å². The van der Waals surface area contributed by atoms with Crippen LogP contribution >= 0.6 is 0 Å². The first-order chi connectivity index (χ1) is 14.5. The lowest BCUT2D eigenvalue weighted by molar-refractivity contribution is 0.0696. The molecule has 5 nitrogen and oxygen atoms in total. The number of ether oxygens (including phenoxy) is 1. The van der Waals surface area contributed by atoms with Crippen LogP contribution in [0.2, 0.25) is 0 Å². The van der Waals surface area contributed by atoms with E-state index < -0.39 is 17.4 Å². The summed E-state index contributed by atoms with van der Waals surface area (Å²) in [5.41, 5.74) is 2.64. The second kappa shape index (κ2) is 8.65. The third-order valence-corrected chi connectivity index (χ3v) is 5.39. The first-order valence-corrected chi connectivity index (χ1v) is 9.90. The van der Waals surface area contributed by atoms with Gasteiger partial charge in [0.2, 0.25) is 0 Å². The number of halogens is 2. The van der Waals surface area contributed by atoms with Crippen molar-refractivity contribution >= 4 is 5.91 Å². The standard InChI is InChI=1S/C23H22F2N2O3/c1-15-6-2-3-8-18(15)16-7-5-11-27(13-16)23(28)21-12-17(30-26-21)14-29-22-19(24)9-4-10-20(22)25/h2-4,6,8-10,12,16H,5,7,11,13-14H2,1H3/t16-/m0/s1. The number of benzene rings is 2. The van der Waals surface area contributed by atoms with E-state index in [2.05, 4.69) is 24.2 Å². The number of hydrogen-bond acceptors (Lipinski definition) is 4. The lowest BCUT2D eigenvalue weighted by atomic mass is 9.88. The van der Waals surface area contributed by atoms with Crippen LogP contribution in [0.3, 0.4) is 0 Å². The monoisotopic (exact) mass is 412 g/mol. The molecule has 1 aromatic heterocycles. The fraction of sp³-hybridized carbons (Fsp3) is 0.304. The van der Waals surface area contributed by atoms with E-state index in [-0.39, 0.29) is 29.9 Å². The molecular formula is C23H22F2N2O3. The largest absolute Gasteiger partial charge is 0.479 e. The summed E-state index contributed by atoms with van der Waals surface area (Å²) in [6.45, 7) is 3.12. The smallest absolute Gasteiger partial charge is 0.276 e. The Hall–Kier alpha value is -3.22. The molecule has 1 amide bonds. The molecule has 4 rings (SSSR count). The number of aryl methyl sites for hydroxylation is 1. The van der Waals surface area contributed by atoms with Crippen LogP contribution in [0.1, 0.15) is 46.1 Å². The average molecular weight is 412 g/mol. The number of nitrogens with zero attached hydrogens (tertiary/aromatic N) is 2. The number of amides is 1. The fourth-order valence-electron chi connectivity index (χ4n) is 3.87. The second-order valence-corrected chi connectivity index (χ2v) is 7.46. The Morgan fingerprint density at radius 3 is 2.73 bits per heavy atom. The maximum absolute atomic E-state index is 13.7. The van der Waals surface area contributed by atoms with Gasteiger partial charge in [0.1, 0.15) is 6.61 Å². The van der Waals surface area contributed by atoms with E-state index in [1.807, 2.05) is 12.1 Å². The Balaban J connectivity index is 1.42. The predicted molar refractivity (Wildman–Crippen MR) is 106 cm³/mol. The number of aromatic nitrogens is 1. The van der Waals surface area contributed by atoms with E-state index in [1.54, 1.807) is 4.90 Å². The van der Waals surface area contributed by atoms with Crippen LogP contribution in [-0.4, -0.2) is 29.1 Å². The Morgan fingerprint density at radius 1 is 1.20 bits per heavy atom. The van der Waals surface area contributed by atoms with Crippen LogP contribution in [0, 0.1) is 18.6 Å². The number of piperidine rings is 1. The first kappa shape index (κ1) is 20.1. The van der Waals surface area contributed by atoms with Gasteiger partial charge < -0.3 is 14.2 Å². The summed E-state index contributed by atoms with van der Waals surface area (Å²) in [5, 5.41) is 3.83. The van der Waals surface area contributed by atoms with Crippen molar-refractivity contribution < 1.29 is 22.8 Å². The molecule has 156 valence electrons. The summed E-state index contributed by atoms with van der Waals surface area (Å²) in [4.78, 5) is 14.7. The molecule has 0 spiro atoms. The van der Waals surface area contributed by atoms with E-state index >= 15 is 0 Å². The van der Waals surface area contributed by atoms with E-state index in [9.17, 15) is 13.6 Å². The van der Waals surface area contributed by atoms with Crippen LogP contribution in [0.25, 0.3) is 0 Å². The highest BCUT2D eigenvalue weighted by Gasteiger charge is 2.28. The van der Waals surface area contributed by atoms with Gasteiger partial charge in [0, 0.05) is 25.1 Å². The number of carbonyl (C=O) groups is 1. The van der Waals surface area contributed by atoms with E-state index in [0.29, 0.717) is 13.1 Å². The molecule has 1 aliphatic heterocycles. The molecule has 0 N–H and O–H groups in total. The van der Waals surface area contributed by atoms with Gasteiger partial charge in [-0.05, 0) is 43.0 Å². The van der Waals surface area contributed by atoms with Gasteiger partial charge in [-0.15, -0.1) is 0 Å². The molecule has 7 heteroatoms. The molecule has 2 heterocycles. The summed E-state index contributed by atoms with van der Waals surface area (Å²) in [5.74, 6) is -1.82. The van der Waals surface area contributed by atoms with Crippen molar-refractivity contribution in [1.29, 1.82) is 0 Å². The first-order valence-electron chi connectivity index (χ1n) is 9.90. The molecule has 0 bridgehead atoms. The summed E-state index contributed by atoms with van der Waals surface area (Å²) in [6.07, 6.45) is 1.94. The Labute approximate surface area is 173 Å². The number of carbonyl (C=O) groups excluding carboxylic acids is 1. The molecule has 3 aromatic rings. The summed E-state index contributed by atoms with van der Waals surface area (Å²) in [6, 6.07) is 13.1. The van der Waals surface area contributed by atoms with Gasteiger partial charge in [-0.1, -0.05) is 35.5 Å². The highest BCUT2D eigenvalue weighted by Crippen LogP contribution is 2.30. The van der Waals surface area contributed by atoms with Gasteiger partial charge in [-0.3, -0.25) is 4.79 Å². The maximum Gasteiger partial charge on any atom is 0.276 e. The molecule has 2 aromatic carbocycles. The van der Waals surface area contributed by atoms with Crippen LogP contribution in [0.15, 0.2) is 53.1 Å². The number of hydrogen-bond donors (Lipinski definition) is 0. The highest BCUT2D eigenvalue weighted by molar-refractivity contribution is 5.92. The van der Waals surface area contributed by atoms with Crippen LogP contribution < -0.4 is 4.74 Å². The van der Waals surface area contributed by atoms with Crippen molar-refractivity contribution in [3.05, 3.63) is 82.7 Å². The SMILES string of the molecule is Cc1ccccc1[C@H]1CCCN(C(=O)c2cc(COc3c(F)cccc3F)on2)C1. The number of likely N-dealkylation sites (tertiary alicyclic amines) is 1. The molecule has 0 unspecified atom stereocenters. The maximum atomic E-state index is 13.7. The van der Waals surface area contributed by atoms with Crippen molar-refractivity contribution in [1.82, 2.24) is 10.1 Å². The molecule has 30 heavy (non-hydrogen) atoms. The van der Waals surface area contributed by atoms with Gasteiger partial charge in [0.05, 0.1) is 0 Å². The molecular weight excluding hydrogens is 390 g/mol. The van der Waals surface area contributed by atoms with E-state index in [0.717, 1.165) is 25.0 Å². The summed E-state index contributed by atoms with van der Waals surface area (Å²) >= 11 is 0. The summed E-state index contributed by atoms with van der Waals surface area (Å²) < 4.78 is 37.6. The molecule has 1 atom stereocenters. The van der Waals surface area contributed by atoms with Crippen molar-refractivity contribution in [2.45, 2.75) is 32.3 Å². The van der Waals surface area contributed by atoms with Gasteiger partial charge in [0.15, 0.2) is 28.8 Å². The summed E-state index contributed by atoms with van der Waals surface area (Å²) in [7, 11) is 0. The lowest BCUT2D eigenvalue weighted by Crippen LogP contribution is -2.39. The molecule has 0 radical (unpaired) electrons.